The molecule has 1 N–H and O–H groups in total. The van der Waals surface area contributed by atoms with Crippen LogP contribution in [0.4, 0.5) is 0 Å². The minimum absolute atomic E-state index is 0.597. The Morgan fingerprint density at radius 1 is 1.22 bits per heavy atom. The predicted molar refractivity (Wildman–Crippen MR) is 77.9 cm³/mol. The molecule has 1 aliphatic rings. The van der Waals surface area contributed by atoms with Crippen LogP contribution in [0.15, 0.2) is 12.4 Å². The fraction of sp³-hybridized carbons (Fsp3) is 0.750. The molecule has 2 heteroatoms. The summed E-state index contributed by atoms with van der Waals surface area (Å²) >= 11 is 0. The van der Waals surface area contributed by atoms with Crippen LogP contribution in [-0.2, 0) is 13.0 Å². The van der Waals surface area contributed by atoms with Crippen LogP contribution < -0.4 is 5.32 Å². The maximum Gasteiger partial charge on any atom is 0.0337 e. The van der Waals surface area contributed by atoms with Gasteiger partial charge in [0.1, 0.15) is 0 Å². The second-order valence-electron chi connectivity index (χ2n) is 5.54. The van der Waals surface area contributed by atoms with E-state index in [4.69, 9.17) is 0 Å². The van der Waals surface area contributed by atoms with Crippen molar-refractivity contribution in [2.75, 3.05) is 6.54 Å². The van der Waals surface area contributed by atoms with Crippen LogP contribution in [0.5, 0.6) is 0 Å². The molecule has 102 valence electrons. The molecular weight excluding hydrogens is 220 g/mol. The van der Waals surface area contributed by atoms with Crippen LogP contribution in [0.2, 0.25) is 0 Å². The third-order valence-corrected chi connectivity index (χ3v) is 4.03. The van der Waals surface area contributed by atoms with Crippen LogP contribution in [0.1, 0.15) is 69.5 Å². The molecule has 1 heterocycles. The fourth-order valence-electron chi connectivity index (χ4n) is 3.05. The van der Waals surface area contributed by atoms with E-state index in [2.05, 4.69) is 36.1 Å². The maximum atomic E-state index is 3.65. The van der Waals surface area contributed by atoms with Gasteiger partial charge in [-0.25, -0.2) is 0 Å². The van der Waals surface area contributed by atoms with Crippen molar-refractivity contribution in [2.24, 2.45) is 0 Å². The smallest absolute Gasteiger partial charge is 0.0337 e. The third kappa shape index (κ3) is 3.38. The highest BCUT2D eigenvalue weighted by molar-refractivity contribution is 5.29. The first-order valence-corrected chi connectivity index (χ1v) is 7.77. The van der Waals surface area contributed by atoms with Gasteiger partial charge in [-0.1, -0.05) is 33.1 Å². The van der Waals surface area contributed by atoms with Gasteiger partial charge in [-0.3, -0.25) is 0 Å². The van der Waals surface area contributed by atoms with Gasteiger partial charge in [-0.15, -0.1) is 0 Å². The SMILES string of the molecule is CCCCCn1cc2c(c1)C(NCC)CCCC2. The minimum Gasteiger partial charge on any atom is -0.354 e. The summed E-state index contributed by atoms with van der Waals surface area (Å²) in [6, 6.07) is 0.597. The first-order chi connectivity index (χ1) is 8.85. The molecular formula is C16H28N2. The molecule has 0 saturated carbocycles. The summed E-state index contributed by atoms with van der Waals surface area (Å²) < 4.78 is 2.43. The number of nitrogens with zero attached hydrogens (tertiary/aromatic N) is 1. The maximum absolute atomic E-state index is 3.65. The van der Waals surface area contributed by atoms with E-state index in [0.29, 0.717) is 6.04 Å². The molecule has 0 radical (unpaired) electrons. The van der Waals surface area contributed by atoms with Gasteiger partial charge >= 0.3 is 0 Å². The number of rotatable bonds is 6. The monoisotopic (exact) mass is 248 g/mol. The second-order valence-corrected chi connectivity index (χ2v) is 5.54. The van der Waals surface area contributed by atoms with E-state index in [-0.39, 0.29) is 0 Å². The van der Waals surface area contributed by atoms with Crippen molar-refractivity contribution in [3.8, 4) is 0 Å². The lowest BCUT2D eigenvalue weighted by Crippen LogP contribution is -2.20. The summed E-state index contributed by atoms with van der Waals surface area (Å²) in [6.07, 6.45) is 14.1. The largest absolute Gasteiger partial charge is 0.354 e. The van der Waals surface area contributed by atoms with Crippen LogP contribution >= 0.6 is 0 Å². The Morgan fingerprint density at radius 2 is 2.11 bits per heavy atom. The Bertz CT molecular complexity index is 354. The van der Waals surface area contributed by atoms with Crippen molar-refractivity contribution >= 4 is 0 Å². The number of nitrogens with one attached hydrogen (secondary N) is 1. The highest BCUT2D eigenvalue weighted by atomic mass is 15.0. The van der Waals surface area contributed by atoms with Gasteiger partial charge in [-0.2, -0.15) is 0 Å². The minimum atomic E-state index is 0.597. The molecule has 0 amide bonds. The lowest BCUT2D eigenvalue weighted by atomic mass is 10.0. The Balaban J connectivity index is 2.06. The number of unbranched alkanes of at least 4 members (excludes halogenated alkanes) is 2. The normalized spacial score (nSPS) is 19.6. The standard InChI is InChI=1S/C16H28N2/c1-3-5-8-11-18-12-14-9-6-7-10-16(17-4-2)15(14)13-18/h12-13,16-17H,3-11H2,1-2H3. The van der Waals surface area contributed by atoms with E-state index in [1.807, 2.05) is 0 Å². The zero-order chi connectivity index (χ0) is 12.8. The zero-order valence-corrected chi connectivity index (χ0v) is 12.0. The Kier molecular flexibility index (Phi) is 5.30. The Labute approximate surface area is 112 Å². The molecule has 1 unspecified atom stereocenters. The number of hydrogen-bond donors (Lipinski definition) is 1. The van der Waals surface area contributed by atoms with E-state index in [9.17, 15) is 0 Å². The average Bonchev–Trinajstić information content (AvgIpc) is 2.68. The molecule has 0 saturated heterocycles. The van der Waals surface area contributed by atoms with Crippen LogP contribution in [0, 0.1) is 0 Å². The van der Waals surface area contributed by atoms with E-state index >= 15 is 0 Å². The summed E-state index contributed by atoms with van der Waals surface area (Å²) in [7, 11) is 0. The summed E-state index contributed by atoms with van der Waals surface area (Å²) in [5.41, 5.74) is 3.17. The molecule has 1 aliphatic carbocycles. The van der Waals surface area contributed by atoms with E-state index < -0.39 is 0 Å². The Morgan fingerprint density at radius 3 is 2.89 bits per heavy atom. The van der Waals surface area contributed by atoms with Gasteiger partial charge in [0.25, 0.3) is 0 Å². The molecule has 0 aliphatic heterocycles. The van der Waals surface area contributed by atoms with Gasteiger partial charge < -0.3 is 9.88 Å². The summed E-state index contributed by atoms with van der Waals surface area (Å²) in [4.78, 5) is 0. The molecule has 18 heavy (non-hydrogen) atoms. The first kappa shape index (κ1) is 13.7. The van der Waals surface area contributed by atoms with Crippen LogP contribution in [0.3, 0.4) is 0 Å². The molecule has 0 bridgehead atoms. The van der Waals surface area contributed by atoms with Gasteiger partial charge in [0.15, 0.2) is 0 Å². The number of fused-ring (bicyclic) bond motifs is 1. The lowest BCUT2D eigenvalue weighted by molar-refractivity contribution is 0.500. The molecule has 0 fully saturated rings. The second kappa shape index (κ2) is 6.98. The third-order valence-electron chi connectivity index (χ3n) is 4.03. The summed E-state index contributed by atoms with van der Waals surface area (Å²) in [5.74, 6) is 0. The highest BCUT2D eigenvalue weighted by Crippen LogP contribution is 2.29. The highest BCUT2D eigenvalue weighted by Gasteiger charge is 2.19. The molecule has 1 atom stereocenters. The van der Waals surface area contributed by atoms with Crippen molar-refractivity contribution in [2.45, 2.75) is 71.4 Å². The van der Waals surface area contributed by atoms with Gasteiger partial charge in [0.2, 0.25) is 0 Å². The van der Waals surface area contributed by atoms with Crippen LogP contribution in [-0.4, -0.2) is 11.1 Å². The molecule has 0 aromatic carbocycles. The van der Waals surface area contributed by atoms with Gasteiger partial charge in [0.05, 0.1) is 0 Å². The van der Waals surface area contributed by atoms with Crippen molar-refractivity contribution in [1.29, 1.82) is 0 Å². The first-order valence-electron chi connectivity index (χ1n) is 7.77. The average molecular weight is 248 g/mol. The zero-order valence-electron chi connectivity index (χ0n) is 12.0. The lowest BCUT2D eigenvalue weighted by Gasteiger charge is -2.15. The van der Waals surface area contributed by atoms with Crippen LogP contribution in [0.25, 0.3) is 0 Å². The van der Waals surface area contributed by atoms with Crippen molar-refractivity contribution in [1.82, 2.24) is 9.88 Å². The quantitative estimate of drug-likeness (QED) is 0.593. The summed E-state index contributed by atoms with van der Waals surface area (Å²) in [6.45, 7) is 6.75. The molecule has 2 rings (SSSR count). The predicted octanol–water partition coefficient (Wildman–Crippen LogP) is 4.06. The number of hydrogen-bond acceptors (Lipinski definition) is 1. The molecule has 2 nitrogen and oxygen atoms in total. The van der Waals surface area contributed by atoms with Crippen molar-refractivity contribution in [3.05, 3.63) is 23.5 Å². The van der Waals surface area contributed by atoms with Gasteiger partial charge in [-0.05, 0) is 43.4 Å². The Hall–Kier alpha value is -0.760. The van der Waals surface area contributed by atoms with Crippen molar-refractivity contribution < 1.29 is 0 Å². The molecule has 1 aromatic heterocycles. The fourth-order valence-corrected chi connectivity index (χ4v) is 3.05. The topological polar surface area (TPSA) is 17.0 Å². The van der Waals surface area contributed by atoms with Crippen molar-refractivity contribution in [3.63, 3.8) is 0 Å². The van der Waals surface area contributed by atoms with E-state index in [1.54, 1.807) is 11.1 Å². The number of aromatic nitrogens is 1. The molecule has 1 aromatic rings. The van der Waals surface area contributed by atoms with E-state index in [0.717, 1.165) is 6.54 Å². The molecule has 0 spiro atoms. The summed E-state index contributed by atoms with van der Waals surface area (Å²) in [5, 5.41) is 3.65. The van der Waals surface area contributed by atoms with Gasteiger partial charge in [0, 0.05) is 25.0 Å². The number of aryl methyl sites for hydroxylation is 2. The van der Waals surface area contributed by atoms with E-state index in [1.165, 1.54) is 51.5 Å².